The van der Waals surface area contributed by atoms with Gasteiger partial charge in [0.25, 0.3) is 0 Å². The second kappa shape index (κ2) is 5.66. The zero-order valence-corrected chi connectivity index (χ0v) is 10.3. The molecule has 0 unspecified atom stereocenters. The molecule has 16 heavy (non-hydrogen) atoms. The van der Waals surface area contributed by atoms with Crippen LogP contribution in [0.1, 0.15) is 28.4 Å². The lowest BCUT2D eigenvalue weighted by Gasteiger charge is -2.11. The lowest BCUT2D eigenvalue weighted by atomic mass is 9.99. The number of benzene rings is 1. The molecule has 0 aliphatic heterocycles. The van der Waals surface area contributed by atoms with Crippen molar-refractivity contribution in [2.75, 3.05) is 20.3 Å². The Labute approximate surface area is 96.4 Å². The molecule has 0 fully saturated rings. The molecule has 0 amide bonds. The fraction of sp³-hybridized carbons (Fsp3) is 0.462. The Morgan fingerprint density at radius 3 is 2.25 bits per heavy atom. The van der Waals surface area contributed by atoms with Gasteiger partial charge in [0.2, 0.25) is 0 Å². The van der Waals surface area contributed by atoms with Gasteiger partial charge in [-0.25, -0.2) is 0 Å². The van der Waals surface area contributed by atoms with Crippen LogP contribution < -0.4 is 4.74 Å². The number of carbonyl (C=O) groups excluding carboxylic acids is 1. The largest absolute Gasteiger partial charge is 0.494 e. The van der Waals surface area contributed by atoms with Crippen molar-refractivity contribution in [3.05, 3.63) is 28.8 Å². The van der Waals surface area contributed by atoms with Crippen molar-refractivity contribution in [1.29, 1.82) is 0 Å². The first-order valence-corrected chi connectivity index (χ1v) is 5.36. The Balaban J connectivity index is 3.07. The van der Waals surface area contributed by atoms with E-state index in [0.29, 0.717) is 6.61 Å². The minimum absolute atomic E-state index is 0.0144. The van der Waals surface area contributed by atoms with Crippen LogP contribution in [0.15, 0.2) is 12.1 Å². The number of aryl methyl sites for hydroxylation is 2. The van der Waals surface area contributed by atoms with Crippen LogP contribution in [-0.4, -0.2) is 26.1 Å². The van der Waals surface area contributed by atoms with E-state index in [-0.39, 0.29) is 12.4 Å². The summed E-state index contributed by atoms with van der Waals surface area (Å²) in [5.74, 6) is 0.826. The first-order valence-electron chi connectivity index (χ1n) is 5.36. The highest BCUT2D eigenvalue weighted by molar-refractivity contribution is 5.99. The monoisotopic (exact) mass is 222 g/mol. The van der Waals surface area contributed by atoms with Crippen LogP contribution in [-0.2, 0) is 4.74 Å². The molecule has 0 aliphatic carbocycles. The van der Waals surface area contributed by atoms with Crippen molar-refractivity contribution in [1.82, 2.24) is 0 Å². The third-order valence-electron chi connectivity index (χ3n) is 2.37. The molecule has 0 atom stereocenters. The SMILES string of the molecule is CCOc1cc(C)c(C(=O)COC)c(C)c1. The third-order valence-corrected chi connectivity index (χ3v) is 2.37. The number of rotatable bonds is 5. The summed E-state index contributed by atoms with van der Waals surface area (Å²) >= 11 is 0. The predicted octanol–water partition coefficient (Wildman–Crippen LogP) is 2.53. The molecule has 1 rings (SSSR count). The number of ketones is 1. The van der Waals surface area contributed by atoms with Gasteiger partial charge in [-0.15, -0.1) is 0 Å². The van der Waals surface area contributed by atoms with Gasteiger partial charge in [0.1, 0.15) is 12.4 Å². The van der Waals surface area contributed by atoms with E-state index in [9.17, 15) is 4.79 Å². The number of hydrogen-bond acceptors (Lipinski definition) is 3. The van der Waals surface area contributed by atoms with Crippen LogP contribution in [0.5, 0.6) is 5.75 Å². The van der Waals surface area contributed by atoms with Gasteiger partial charge in [0.05, 0.1) is 6.61 Å². The average Bonchev–Trinajstić information content (AvgIpc) is 2.17. The minimum Gasteiger partial charge on any atom is -0.494 e. The standard InChI is InChI=1S/C13H18O3/c1-5-16-11-6-9(2)13(10(3)7-11)12(14)8-15-4/h6-7H,5,8H2,1-4H3. The van der Waals surface area contributed by atoms with Crippen LogP contribution in [0.4, 0.5) is 0 Å². The van der Waals surface area contributed by atoms with E-state index in [0.717, 1.165) is 22.4 Å². The molecule has 0 spiro atoms. The Kier molecular flexibility index (Phi) is 4.50. The summed E-state index contributed by atoms with van der Waals surface area (Å²) in [7, 11) is 1.52. The van der Waals surface area contributed by atoms with E-state index in [1.807, 2.05) is 32.9 Å². The summed E-state index contributed by atoms with van der Waals surface area (Å²) in [6, 6.07) is 3.78. The Morgan fingerprint density at radius 1 is 1.25 bits per heavy atom. The molecule has 0 saturated heterocycles. The van der Waals surface area contributed by atoms with Crippen molar-refractivity contribution < 1.29 is 14.3 Å². The highest BCUT2D eigenvalue weighted by atomic mass is 16.5. The molecule has 0 saturated carbocycles. The molecule has 3 heteroatoms. The van der Waals surface area contributed by atoms with E-state index in [4.69, 9.17) is 9.47 Å². The Hall–Kier alpha value is -1.35. The Bertz CT molecular complexity index is 360. The molecular weight excluding hydrogens is 204 g/mol. The first-order chi connectivity index (χ1) is 7.60. The van der Waals surface area contributed by atoms with Gasteiger partial charge in [-0.2, -0.15) is 0 Å². The van der Waals surface area contributed by atoms with Crippen molar-refractivity contribution in [2.24, 2.45) is 0 Å². The maximum absolute atomic E-state index is 11.8. The van der Waals surface area contributed by atoms with Crippen LogP contribution in [0, 0.1) is 13.8 Å². The summed E-state index contributed by atoms with van der Waals surface area (Å²) in [5.41, 5.74) is 2.61. The quantitative estimate of drug-likeness (QED) is 0.718. The molecule has 0 radical (unpaired) electrons. The number of ether oxygens (including phenoxy) is 2. The molecule has 1 aromatic rings. The van der Waals surface area contributed by atoms with Gasteiger partial charge >= 0.3 is 0 Å². The second-order valence-corrected chi connectivity index (χ2v) is 3.72. The van der Waals surface area contributed by atoms with Gasteiger partial charge < -0.3 is 9.47 Å². The summed E-state index contributed by atoms with van der Waals surface area (Å²) in [5, 5.41) is 0. The molecular formula is C13H18O3. The maximum Gasteiger partial charge on any atom is 0.188 e. The molecule has 0 bridgehead atoms. The zero-order valence-electron chi connectivity index (χ0n) is 10.3. The van der Waals surface area contributed by atoms with Crippen LogP contribution in [0.2, 0.25) is 0 Å². The molecule has 3 nitrogen and oxygen atoms in total. The average molecular weight is 222 g/mol. The predicted molar refractivity (Wildman–Crippen MR) is 63.3 cm³/mol. The summed E-state index contributed by atoms with van der Waals surface area (Å²) in [6.45, 7) is 6.52. The molecule has 0 heterocycles. The summed E-state index contributed by atoms with van der Waals surface area (Å²) < 4.78 is 10.3. The van der Waals surface area contributed by atoms with Gasteiger partial charge in [-0.1, -0.05) is 0 Å². The van der Waals surface area contributed by atoms with Crippen molar-refractivity contribution in [3.8, 4) is 5.75 Å². The normalized spacial score (nSPS) is 10.2. The van der Waals surface area contributed by atoms with Crippen LogP contribution in [0.3, 0.4) is 0 Å². The van der Waals surface area contributed by atoms with Gasteiger partial charge in [-0.3, -0.25) is 4.79 Å². The van der Waals surface area contributed by atoms with Crippen LogP contribution >= 0.6 is 0 Å². The molecule has 0 N–H and O–H groups in total. The lowest BCUT2D eigenvalue weighted by molar-refractivity contribution is 0.0846. The molecule has 88 valence electrons. The zero-order chi connectivity index (χ0) is 12.1. The number of hydrogen-bond donors (Lipinski definition) is 0. The van der Waals surface area contributed by atoms with E-state index in [1.165, 1.54) is 7.11 Å². The summed E-state index contributed by atoms with van der Waals surface area (Å²) in [4.78, 5) is 11.8. The smallest absolute Gasteiger partial charge is 0.188 e. The maximum atomic E-state index is 11.8. The third kappa shape index (κ3) is 2.83. The van der Waals surface area contributed by atoms with Crippen molar-refractivity contribution in [2.45, 2.75) is 20.8 Å². The summed E-state index contributed by atoms with van der Waals surface area (Å²) in [6.07, 6.45) is 0. The fourth-order valence-corrected chi connectivity index (χ4v) is 1.82. The highest BCUT2D eigenvalue weighted by Crippen LogP contribution is 2.22. The van der Waals surface area contributed by atoms with Crippen molar-refractivity contribution >= 4 is 5.78 Å². The number of Topliss-reactive ketones (excluding diaryl/α,β-unsaturated/α-hetero) is 1. The fourth-order valence-electron chi connectivity index (χ4n) is 1.82. The highest BCUT2D eigenvalue weighted by Gasteiger charge is 2.13. The molecule has 1 aromatic carbocycles. The van der Waals surface area contributed by atoms with Gasteiger partial charge in [0, 0.05) is 12.7 Å². The molecule has 0 aliphatic rings. The topological polar surface area (TPSA) is 35.5 Å². The second-order valence-electron chi connectivity index (χ2n) is 3.72. The molecule has 0 aromatic heterocycles. The van der Waals surface area contributed by atoms with Crippen LogP contribution in [0.25, 0.3) is 0 Å². The van der Waals surface area contributed by atoms with Crippen molar-refractivity contribution in [3.63, 3.8) is 0 Å². The number of methoxy groups -OCH3 is 1. The lowest BCUT2D eigenvalue weighted by Crippen LogP contribution is -2.11. The van der Waals surface area contributed by atoms with Gasteiger partial charge in [0.15, 0.2) is 5.78 Å². The minimum atomic E-state index is 0.0144. The Morgan fingerprint density at radius 2 is 1.81 bits per heavy atom. The van der Waals surface area contributed by atoms with E-state index in [2.05, 4.69) is 0 Å². The van der Waals surface area contributed by atoms with E-state index in [1.54, 1.807) is 0 Å². The number of carbonyl (C=O) groups is 1. The first kappa shape index (κ1) is 12.7. The van der Waals surface area contributed by atoms with Gasteiger partial charge in [-0.05, 0) is 44.0 Å². The van der Waals surface area contributed by atoms with E-state index >= 15 is 0 Å². The van der Waals surface area contributed by atoms with E-state index < -0.39 is 0 Å².